The highest BCUT2D eigenvalue weighted by molar-refractivity contribution is 7.98. The van der Waals surface area contributed by atoms with Gasteiger partial charge in [-0.15, -0.1) is 23.1 Å². The summed E-state index contributed by atoms with van der Waals surface area (Å²) in [6.45, 7) is 0.685. The van der Waals surface area contributed by atoms with E-state index in [1.165, 1.54) is 40.4 Å². The summed E-state index contributed by atoms with van der Waals surface area (Å²) in [5.41, 5.74) is 0.704. The van der Waals surface area contributed by atoms with Crippen molar-refractivity contribution in [1.82, 2.24) is 14.9 Å². The summed E-state index contributed by atoms with van der Waals surface area (Å²) in [6, 6.07) is 3.95. The van der Waals surface area contributed by atoms with Gasteiger partial charge in [-0.2, -0.15) is 5.01 Å². The second-order valence-corrected chi connectivity index (χ2v) is 10.6. The Morgan fingerprint density at radius 1 is 1.27 bits per heavy atom. The number of rotatable bonds is 2. The number of morpholine rings is 1. The van der Waals surface area contributed by atoms with Gasteiger partial charge in [-0.05, 0) is 29.2 Å². The smallest absolute Gasteiger partial charge is 0.437 e. The molecule has 2 fully saturated rings. The summed E-state index contributed by atoms with van der Waals surface area (Å²) < 4.78 is 45.1. The third-order valence-corrected chi connectivity index (χ3v) is 8.89. The lowest BCUT2D eigenvalue weighted by Gasteiger charge is -2.54. The number of halogens is 2. The van der Waals surface area contributed by atoms with Crippen LogP contribution in [0.5, 0.6) is 0 Å². The molecule has 2 unspecified atom stereocenters. The van der Waals surface area contributed by atoms with E-state index in [2.05, 4.69) is 4.74 Å². The largest absolute Gasteiger partial charge is 0.513 e. The van der Waals surface area contributed by atoms with Crippen LogP contribution in [0.15, 0.2) is 52.2 Å². The van der Waals surface area contributed by atoms with Gasteiger partial charge >= 0.3 is 6.16 Å². The monoisotopic (exact) mass is 549 g/mol. The molecule has 2 aromatic rings. The van der Waals surface area contributed by atoms with Crippen LogP contribution in [0.25, 0.3) is 0 Å². The predicted octanol–water partition coefficient (Wildman–Crippen LogP) is 3.32. The van der Waals surface area contributed by atoms with E-state index in [1.54, 1.807) is 11.0 Å². The van der Waals surface area contributed by atoms with E-state index in [1.807, 2.05) is 16.5 Å². The average molecular weight is 550 g/mol. The lowest BCUT2D eigenvalue weighted by molar-refractivity contribution is -0.190. The van der Waals surface area contributed by atoms with Gasteiger partial charge in [-0.25, -0.2) is 13.6 Å². The number of hydrogen-bond acceptors (Lipinski definition) is 10. The number of thiophene rings is 1. The molecule has 3 atom stereocenters. The summed E-state index contributed by atoms with van der Waals surface area (Å²) >= 11 is 2.88. The van der Waals surface area contributed by atoms with Crippen LogP contribution in [0.3, 0.4) is 0 Å². The summed E-state index contributed by atoms with van der Waals surface area (Å²) in [5.74, 6) is -2.37. The molecular weight excluding hydrogens is 528 g/mol. The van der Waals surface area contributed by atoms with Crippen LogP contribution in [0.1, 0.15) is 22.0 Å². The van der Waals surface area contributed by atoms with Crippen molar-refractivity contribution in [3.63, 3.8) is 0 Å². The second-order valence-electron chi connectivity index (χ2n) is 8.60. The molecule has 1 amide bonds. The molecule has 4 aliphatic rings. The van der Waals surface area contributed by atoms with Crippen LogP contribution in [0, 0.1) is 11.6 Å². The van der Waals surface area contributed by atoms with Gasteiger partial charge in [-0.3, -0.25) is 9.80 Å². The Morgan fingerprint density at radius 2 is 2.11 bits per heavy atom. The Kier molecular flexibility index (Phi) is 6.19. The molecule has 4 aliphatic heterocycles. The Balaban J connectivity index is 1.58. The van der Waals surface area contributed by atoms with Gasteiger partial charge in [0.25, 0.3) is 5.91 Å². The summed E-state index contributed by atoms with van der Waals surface area (Å²) in [6.07, 6.45) is -0.204. The Labute approximate surface area is 218 Å². The van der Waals surface area contributed by atoms with Crippen molar-refractivity contribution >= 4 is 35.2 Å². The average Bonchev–Trinajstić information content (AvgIpc) is 3.31. The lowest BCUT2D eigenvalue weighted by atomic mass is 9.97. The number of ether oxygens (including phenoxy) is 3. The first kappa shape index (κ1) is 24.4. The number of hydrogen-bond donors (Lipinski definition) is 1. The highest BCUT2D eigenvalue weighted by atomic mass is 32.2. The van der Waals surface area contributed by atoms with Crippen molar-refractivity contribution < 1.29 is 37.7 Å². The minimum Gasteiger partial charge on any atom is -0.437 e. The highest BCUT2D eigenvalue weighted by Gasteiger charge is 2.51. The molecule has 0 aliphatic carbocycles. The summed E-state index contributed by atoms with van der Waals surface area (Å²) in [4.78, 5) is 29.1. The first-order chi connectivity index (χ1) is 17.9. The molecule has 1 aromatic heterocycles. The Bertz CT molecular complexity index is 1350. The van der Waals surface area contributed by atoms with Crippen LogP contribution in [0.4, 0.5) is 13.6 Å². The fraction of sp³-hybridized carbons (Fsp3) is 0.333. The number of benzene rings is 1. The minimum atomic E-state index is -1.38. The predicted molar refractivity (Wildman–Crippen MR) is 128 cm³/mol. The number of carbonyl (C=O) groups excluding carboxylic acids is 2. The van der Waals surface area contributed by atoms with E-state index < -0.39 is 42.0 Å². The number of aliphatic hydroxyl groups is 1. The van der Waals surface area contributed by atoms with E-state index in [9.17, 15) is 19.1 Å². The summed E-state index contributed by atoms with van der Waals surface area (Å²) in [7, 11) is 1.12. The molecule has 0 spiro atoms. The molecule has 9 nitrogen and oxygen atoms in total. The van der Waals surface area contributed by atoms with Crippen molar-refractivity contribution in [3.8, 4) is 0 Å². The van der Waals surface area contributed by atoms with Gasteiger partial charge in [-0.1, -0.05) is 6.07 Å². The Hall–Kier alpha value is -2.97. The number of thioether (sulfide) groups is 1. The molecule has 6 rings (SSSR count). The lowest BCUT2D eigenvalue weighted by Crippen LogP contribution is -2.68. The van der Waals surface area contributed by atoms with Crippen molar-refractivity contribution in [2.45, 2.75) is 29.0 Å². The normalized spacial score (nSPS) is 25.2. The maximum absolute atomic E-state index is 15.1. The zero-order valence-corrected chi connectivity index (χ0v) is 21.1. The number of methoxy groups -OCH3 is 1. The molecule has 194 valence electrons. The van der Waals surface area contributed by atoms with Gasteiger partial charge in [0, 0.05) is 33.8 Å². The topological polar surface area (TPSA) is 91.8 Å². The number of carbonyl (C=O) groups is 2. The first-order valence-electron chi connectivity index (χ1n) is 11.4. The molecule has 1 aromatic carbocycles. The molecule has 0 saturated carbocycles. The molecular formula is C24H21F2N3O6S2. The zero-order valence-electron chi connectivity index (χ0n) is 19.4. The van der Waals surface area contributed by atoms with E-state index in [0.29, 0.717) is 5.56 Å². The number of aliphatic hydroxyl groups excluding tert-OH is 1. The van der Waals surface area contributed by atoms with Gasteiger partial charge < -0.3 is 24.2 Å². The van der Waals surface area contributed by atoms with Gasteiger partial charge in [0.2, 0.25) is 0 Å². The second kappa shape index (κ2) is 9.40. The molecule has 13 heteroatoms. The minimum absolute atomic E-state index is 0.0716. The zero-order chi connectivity index (χ0) is 25.8. The fourth-order valence-corrected chi connectivity index (χ4v) is 7.35. The number of amides is 1. The van der Waals surface area contributed by atoms with Crippen molar-refractivity contribution in [1.29, 1.82) is 0 Å². The molecule has 37 heavy (non-hydrogen) atoms. The number of hydrazine groups is 1. The fourth-order valence-electron chi connectivity index (χ4n) is 5.03. The maximum atomic E-state index is 15.1. The maximum Gasteiger partial charge on any atom is 0.513 e. The summed E-state index contributed by atoms with van der Waals surface area (Å²) in [5, 5.41) is 15.9. The number of fused-ring (bicyclic) bond motifs is 4. The third-order valence-electron chi connectivity index (χ3n) is 6.69. The molecule has 5 heterocycles. The molecule has 2 saturated heterocycles. The van der Waals surface area contributed by atoms with Gasteiger partial charge in [0.05, 0.1) is 26.4 Å². The van der Waals surface area contributed by atoms with Gasteiger partial charge in [0.1, 0.15) is 12.3 Å². The van der Waals surface area contributed by atoms with Gasteiger partial charge in [0.15, 0.2) is 23.1 Å². The molecule has 0 radical (unpaired) electrons. The number of nitrogens with zero attached hydrogens (tertiary/aromatic N) is 3. The van der Waals surface area contributed by atoms with E-state index in [-0.39, 0.29) is 42.5 Å². The highest BCUT2D eigenvalue weighted by Crippen LogP contribution is 2.49. The van der Waals surface area contributed by atoms with Crippen molar-refractivity contribution in [3.05, 3.63) is 74.9 Å². The van der Waals surface area contributed by atoms with E-state index >= 15 is 4.39 Å². The van der Waals surface area contributed by atoms with E-state index in [4.69, 9.17) is 9.47 Å². The third kappa shape index (κ3) is 3.84. The van der Waals surface area contributed by atoms with Crippen molar-refractivity contribution in [2.24, 2.45) is 0 Å². The molecule has 0 bridgehead atoms. The van der Waals surface area contributed by atoms with Crippen LogP contribution >= 0.6 is 23.1 Å². The van der Waals surface area contributed by atoms with Crippen LogP contribution < -0.4 is 0 Å². The SMILES string of the molecule is COC(=O)OC1=C2C(=O)N3CCOC[C@H]3N(C3c4ccc(F)c(F)c4CSc4ccsc43)N2C=CC1O. The van der Waals surface area contributed by atoms with Crippen molar-refractivity contribution in [2.75, 3.05) is 26.9 Å². The van der Waals surface area contributed by atoms with Crippen LogP contribution in [0.2, 0.25) is 0 Å². The van der Waals surface area contributed by atoms with Crippen LogP contribution in [-0.4, -0.2) is 71.2 Å². The quantitative estimate of drug-likeness (QED) is 0.567. The molecule has 1 N–H and O–H groups in total. The van der Waals surface area contributed by atoms with Crippen LogP contribution in [-0.2, 0) is 24.8 Å². The first-order valence-corrected chi connectivity index (χ1v) is 13.3. The standard InChI is InChI=1S/C24H21F2N3O6S2/c1-33-24(32)35-21-15(30)4-6-28-20(21)23(31)27-7-8-34-10-17(27)29(28)19-12-2-3-14(25)18(26)13(12)11-37-16-5-9-36-22(16)19/h2-6,9,15,17,19,30H,7-8,10-11H2,1H3/t15?,17-,19?/m1/s1. The van der Waals surface area contributed by atoms with E-state index in [0.717, 1.165) is 22.9 Å². The Morgan fingerprint density at radius 3 is 2.92 bits per heavy atom.